The molecule has 1 N–H and O–H groups in total. The first-order valence-corrected chi connectivity index (χ1v) is 20.5. The Morgan fingerprint density at radius 3 is 1.25 bits per heavy atom. The lowest BCUT2D eigenvalue weighted by Gasteiger charge is -2.42. The Balaban J connectivity index is 2.29. The van der Waals surface area contributed by atoms with Crippen molar-refractivity contribution < 1.29 is 42.5 Å². The van der Waals surface area contributed by atoms with Crippen LogP contribution < -0.4 is 28.4 Å². The number of carbonyl (C=O) groups excluding carboxylic acids is 1. The van der Waals surface area contributed by atoms with Gasteiger partial charge in [0.25, 0.3) is 0 Å². The molecule has 0 amide bonds. The molecule has 0 saturated carbocycles. The summed E-state index contributed by atoms with van der Waals surface area (Å²) in [4.78, 5) is 16.4. The summed E-state index contributed by atoms with van der Waals surface area (Å²) in [5, 5.41) is 11.0. The van der Waals surface area contributed by atoms with Gasteiger partial charge in [-0.15, -0.1) is 0 Å². The Hall–Kier alpha value is -4.70. The van der Waals surface area contributed by atoms with E-state index in [9.17, 15) is 9.90 Å². The van der Waals surface area contributed by atoms with Crippen LogP contribution in [0.25, 0.3) is 0 Å². The zero-order chi connectivity index (χ0) is 38.1. The Labute approximate surface area is 317 Å². The molecule has 53 heavy (non-hydrogen) atoms. The molecule has 0 fully saturated rings. The predicted octanol–water partition coefficient (Wildman–Crippen LogP) is 11.2. The topological polar surface area (TPSA) is 102 Å². The van der Waals surface area contributed by atoms with Gasteiger partial charge >= 0.3 is 5.97 Å². The molecule has 0 aromatic heterocycles. The number of ether oxygens (including phenoxy) is 6. The van der Waals surface area contributed by atoms with Crippen LogP contribution in [0.1, 0.15) is 90.4 Å². The van der Waals surface area contributed by atoms with Gasteiger partial charge in [0, 0.05) is 39.5 Å². The van der Waals surface area contributed by atoms with Crippen molar-refractivity contribution in [2.24, 2.45) is 0 Å². The van der Waals surface area contributed by atoms with Crippen LogP contribution in [0.4, 0.5) is 0 Å². The van der Waals surface area contributed by atoms with E-state index in [1.807, 2.05) is 96.1 Å². The molecule has 0 aliphatic rings. The molecule has 4 aromatic carbocycles. The summed E-state index contributed by atoms with van der Waals surface area (Å²) in [5.41, 5.74) is 0.00482. The highest BCUT2D eigenvalue weighted by atomic mass is 32.3. The fourth-order valence-electron chi connectivity index (χ4n) is 5.44. The van der Waals surface area contributed by atoms with Gasteiger partial charge in [-0.25, -0.2) is 4.79 Å². The maximum absolute atomic E-state index is 14.7. The van der Waals surface area contributed by atoms with Crippen LogP contribution >= 0.6 is 10.3 Å². The molecule has 0 radical (unpaired) electrons. The molecule has 10 heteroatoms. The first kappa shape index (κ1) is 41.1. The Bertz CT molecular complexity index is 1590. The molecule has 0 bridgehead atoms. The van der Waals surface area contributed by atoms with Gasteiger partial charge in [0.15, 0.2) is 0 Å². The lowest BCUT2D eigenvalue weighted by molar-refractivity contribution is 0.0753. The average molecular weight is 749 g/mol. The standard InChI is InChI=1S/C43H56O9S/c1-7-22-46-32-28-37(48-24-9-3)41(38(29-32)49-25-10-4)53(34-18-14-13-15-19-34,52-43(45)35-20-16-17-21-36(35)44)42-39(50-26-11-5)30-33(47-23-8-2)31-40(42)51-27-12-6/h13-21,28-31,44H,7-12,22-27H2,1-6H3. The smallest absolute Gasteiger partial charge is 0.353 e. The van der Waals surface area contributed by atoms with Crippen LogP contribution in [0.15, 0.2) is 93.5 Å². The van der Waals surface area contributed by atoms with E-state index >= 15 is 0 Å². The minimum Gasteiger partial charge on any atom is -0.507 e. The lowest BCUT2D eigenvalue weighted by atomic mass is 10.2. The second-order valence-electron chi connectivity index (χ2n) is 12.3. The zero-order valence-electron chi connectivity index (χ0n) is 32.1. The summed E-state index contributed by atoms with van der Waals surface area (Å²) in [5.74, 6) is 1.92. The summed E-state index contributed by atoms with van der Waals surface area (Å²) < 4.78 is 45.9. The van der Waals surface area contributed by atoms with Crippen LogP contribution in [-0.2, 0) is 4.18 Å². The van der Waals surface area contributed by atoms with E-state index in [2.05, 4.69) is 0 Å². The number of phenols is 1. The molecule has 0 aliphatic carbocycles. The van der Waals surface area contributed by atoms with Crippen LogP contribution in [-0.4, -0.2) is 50.7 Å². The number of carbonyl (C=O) groups is 1. The van der Waals surface area contributed by atoms with Gasteiger partial charge in [0.1, 0.15) is 55.6 Å². The van der Waals surface area contributed by atoms with Gasteiger partial charge in [0.2, 0.25) is 0 Å². The third-order valence-corrected chi connectivity index (χ3v) is 11.0. The molecule has 0 heterocycles. The SMILES string of the molecule is CCCOc1cc(OCCC)c(S(OC(=O)c2ccccc2O)(c2ccccc2)c2c(OCCC)cc(OCCC)cc2OCCC)c(OCCC)c1. The van der Waals surface area contributed by atoms with Crippen molar-refractivity contribution in [3.63, 3.8) is 0 Å². The molecule has 0 saturated heterocycles. The molecule has 0 aliphatic heterocycles. The highest BCUT2D eigenvalue weighted by Crippen LogP contribution is 2.77. The van der Waals surface area contributed by atoms with Crippen molar-refractivity contribution in [2.75, 3.05) is 39.6 Å². The number of aromatic hydroxyl groups is 1. The quantitative estimate of drug-likeness (QED) is 0.0794. The summed E-state index contributed by atoms with van der Waals surface area (Å²) in [6.45, 7) is 14.7. The van der Waals surface area contributed by atoms with Crippen molar-refractivity contribution in [3.05, 3.63) is 84.4 Å². The Morgan fingerprint density at radius 1 is 0.509 bits per heavy atom. The second-order valence-corrected chi connectivity index (χ2v) is 14.9. The van der Waals surface area contributed by atoms with Gasteiger partial charge in [-0.2, -0.15) is 0 Å². The highest BCUT2D eigenvalue weighted by Gasteiger charge is 2.46. The predicted molar refractivity (Wildman–Crippen MR) is 210 cm³/mol. The monoisotopic (exact) mass is 748 g/mol. The Morgan fingerprint density at radius 2 is 0.868 bits per heavy atom. The Kier molecular flexibility index (Phi) is 16.4. The fourth-order valence-corrected chi connectivity index (χ4v) is 8.84. The van der Waals surface area contributed by atoms with Crippen molar-refractivity contribution in [1.82, 2.24) is 0 Å². The molecule has 0 atom stereocenters. The fraction of sp³-hybridized carbons (Fsp3) is 0.419. The zero-order valence-corrected chi connectivity index (χ0v) is 32.9. The van der Waals surface area contributed by atoms with Crippen molar-refractivity contribution in [1.29, 1.82) is 0 Å². The maximum atomic E-state index is 14.7. The number of rotatable bonds is 23. The van der Waals surface area contributed by atoms with Crippen LogP contribution in [0.3, 0.4) is 0 Å². The summed E-state index contributed by atoms with van der Waals surface area (Å²) >= 11 is 0. The molecular weight excluding hydrogens is 693 g/mol. The normalized spacial score (nSPS) is 11.4. The van der Waals surface area contributed by atoms with E-state index in [-0.39, 0.29) is 11.3 Å². The van der Waals surface area contributed by atoms with E-state index in [0.29, 0.717) is 88.8 Å². The van der Waals surface area contributed by atoms with Crippen LogP contribution in [0.2, 0.25) is 0 Å². The van der Waals surface area contributed by atoms with Crippen molar-refractivity contribution in [3.8, 4) is 40.2 Å². The van der Waals surface area contributed by atoms with E-state index in [4.69, 9.17) is 32.6 Å². The van der Waals surface area contributed by atoms with Gasteiger partial charge in [0.05, 0.1) is 39.6 Å². The van der Waals surface area contributed by atoms with Gasteiger partial charge in [-0.05, 0) is 62.8 Å². The number of phenolic OH excluding ortho intramolecular Hbond substituents is 1. The first-order valence-electron chi connectivity index (χ1n) is 18.9. The minimum atomic E-state index is -3.29. The third-order valence-electron chi connectivity index (χ3n) is 7.76. The molecule has 0 unspecified atom stereocenters. The molecule has 288 valence electrons. The van der Waals surface area contributed by atoms with Gasteiger partial charge in [-0.3, -0.25) is 0 Å². The van der Waals surface area contributed by atoms with Gasteiger partial charge < -0.3 is 37.7 Å². The summed E-state index contributed by atoms with van der Waals surface area (Å²) in [7, 11) is -3.29. The van der Waals surface area contributed by atoms with Crippen molar-refractivity contribution in [2.45, 2.75) is 94.8 Å². The lowest BCUT2D eigenvalue weighted by Crippen LogP contribution is -2.19. The minimum absolute atomic E-state index is 0.00482. The molecule has 9 nitrogen and oxygen atoms in total. The number of para-hydroxylation sites is 1. The van der Waals surface area contributed by atoms with E-state index in [0.717, 1.165) is 38.5 Å². The van der Waals surface area contributed by atoms with Crippen LogP contribution in [0, 0.1) is 0 Å². The second kappa shape index (κ2) is 21.1. The van der Waals surface area contributed by atoms with Gasteiger partial charge in [-0.1, -0.05) is 71.9 Å². The molecule has 4 rings (SSSR count). The van der Waals surface area contributed by atoms with Crippen LogP contribution in [0.5, 0.6) is 40.2 Å². The molecule has 0 spiro atoms. The largest absolute Gasteiger partial charge is 0.507 e. The van der Waals surface area contributed by atoms with E-state index in [1.54, 1.807) is 18.2 Å². The molecule has 4 aromatic rings. The average Bonchev–Trinajstić information content (AvgIpc) is 3.18. The van der Waals surface area contributed by atoms with Crippen molar-refractivity contribution >= 4 is 16.3 Å². The summed E-state index contributed by atoms with van der Waals surface area (Å²) in [6.07, 6.45) is 4.48. The van der Waals surface area contributed by atoms with E-state index in [1.165, 1.54) is 6.07 Å². The first-order chi connectivity index (χ1) is 25.9. The number of hydrogen-bond acceptors (Lipinski definition) is 9. The molecular formula is C43H56O9S. The summed E-state index contributed by atoms with van der Waals surface area (Å²) in [6, 6.07) is 23.3. The highest BCUT2D eigenvalue weighted by molar-refractivity contribution is 8.30. The maximum Gasteiger partial charge on any atom is 0.353 e. The number of benzene rings is 4. The number of hydrogen-bond donors (Lipinski definition) is 1. The van der Waals surface area contributed by atoms with E-state index < -0.39 is 16.3 Å². The third kappa shape index (κ3) is 10.3.